The van der Waals surface area contributed by atoms with Crippen molar-refractivity contribution in [3.63, 3.8) is 0 Å². The average Bonchev–Trinajstić information content (AvgIpc) is 2.39. The molecule has 0 saturated carbocycles. The zero-order valence-electron chi connectivity index (χ0n) is 12.7. The lowest BCUT2D eigenvalue weighted by Gasteiger charge is -2.26. The van der Waals surface area contributed by atoms with Gasteiger partial charge in [-0.15, -0.1) is 0 Å². The summed E-state index contributed by atoms with van der Waals surface area (Å²) in [5, 5.41) is 12.8. The molecule has 0 fully saturated rings. The number of carboxylic acid groups (broad SMARTS) is 1. The van der Waals surface area contributed by atoms with Crippen LogP contribution in [0.25, 0.3) is 0 Å². The molecule has 2 N–H and O–H groups in total. The highest BCUT2D eigenvalue weighted by Gasteiger charge is 2.35. The standard InChI is InChI=1S/C16H22ClNO3/c1-5-8-16(4,15(19)20)21-14-7-6-12(9-13(14)17)10-18-11(2)3/h6-7,9,18H,2,5,8,10H2,1,3-4H3,(H,19,20). The lowest BCUT2D eigenvalue weighted by molar-refractivity contribution is -0.154. The summed E-state index contributed by atoms with van der Waals surface area (Å²) in [5.74, 6) is -0.609. The monoisotopic (exact) mass is 311 g/mol. The van der Waals surface area contributed by atoms with Gasteiger partial charge in [-0.1, -0.05) is 37.6 Å². The molecule has 0 bridgehead atoms. The van der Waals surface area contributed by atoms with Gasteiger partial charge in [0.25, 0.3) is 0 Å². The number of hydrogen-bond donors (Lipinski definition) is 2. The summed E-state index contributed by atoms with van der Waals surface area (Å²) in [5.41, 5.74) is 0.575. The summed E-state index contributed by atoms with van der Waals surface area (Å²) in [7, 11) is 0. The van der Waals surface area contributed by atoms with Crippen molar-refractivity contribution < 1.29 is 14.6 Å². The molecular formula is C16H22ClNO3. The van der Waals surface area contributed by atoms with E-state index in [-0.39, 0.29) is 0 Å². The molecule has 0 spiro atoms. The number of carboxylic acids is 1. The Hall–Kier alpha value is -1.68. The third kappa shape index (κ3) is 4.97. The summed E-state index contributed by atoms with van der Waals surface area (Å²) >= 11 is 6.19. The van der Waals surface area contributed by atoms with Crippen LogP contribution < -0.4 is 10.1 Å². The highest BCUT2D eigenvalue weighted by Crippen LogP contribution is 2.30. The second-order valence-electron chi connectivity index (χ2n) is 5.29. The Morgan fingerprint density at radius 2 is 2.19 bits per heavy atom. The Kier molecular flexibility index (Phi) is 6.09. The maximum atomic E-state index is 11.4. The van der Waals surface area contributed by atoms with Crippen LogP contribution in [0.2, 0.25) is 5.02 Å². The first-order chi connectivity index (χ1) is 9.78. The predicted molar refractivity (Wildman–Crippen MR) is 84.7 cm³/mol. The Bertz CT molecular complexity index is 530. The minimum absolute atomic E-state index is 0.383. The zero-order chi connectivity index (χ0) is 16.0. The number of nitrogens with one attached hydrogen (secondary N) is 1. The topological polar surface area (TPSA) is 58.6 Å². The molecule has 0 aliphatic carbocycles. The van der Waals surface area contributed by atoms with Gasteiger partial charge in [0, 0.05) is 12.2 Å². The largest absolute Gasteiger partial charge is 0.478 e. The van der Waals surface area contributed by atoms with E-state index < -0.39 is 11.6 Å². The lowest BCUT2D eigenvalue weighted by atomic mass is 10.0. The van der Waals surface area contributed by atoms with Crippen LogP contribution in [-0.4, -0.2) is 16.7 Å². The Morgan fingerprint density at radius 3 is 2.67 bits per heavy atom. The Morgan fingerprint density at radius 1 is 1.52 bits per heavy atom. The van der Waals surface area contributed by atoms with E-state index >= 15 is 0 Å². The second-order valence-corrected chi connectivity index (χ2v) is 5.69. The molecule has 0 saturated heterocycles. The molecule has 0 aromatic heterocycles. The van der Waals surface area contributed by atoms with Crippen LogP contribution in [0.3, 0.4) is 0 Å². The van der Waals surface area contributed by atoms with Gasteiger partial charge in [0.05, 0.1) is 5.02 Å². The highest BCUT2D eigenvalue weighted by molar-refractivity contribution is 6.32. The van der Waals surface area contributed by atoms with E-state index in [0.29, 0.717) is 30.2 Å². The van der Waals surface area contributed by atoms with Gasteiger partial charge < -0.3 is 15.2 Å². The fraction of sp³-hybridized carbons (Fsp3) is 0.438. The number of allylic oxidation sites excluding steroid dienone is 1. The van der Waals surface area contributed by atoms with Gasteiger partial charge in [0.1, 0.15) is 5.75 Å². The number of ether oxygens (including phenoxy) is 1. The summed E-state index contributed by atoms with van der Waals surface area (Å²) in [6, 6.07) is 5.32. The van der Waals surface area contributed by atoms with Crippen LogP contribution in [0.1, 0.15) is 39.2 Å². The molecule has 0 heterocycles. The molecule has 1 rings (SSSR count). The van der Waals surface area contributed by atoms with Gasteiger partial charge in [-0.2, -0.15) is 0 Å². The summed E-state index contributed by atoms with van der Waals surface area (Å²) < 4.78 is 5.65. The molecule has 0 radical (unpaired) electrons. The van der Waals surface area contributed by atoms with E-state index in [1.54, 1.807) is 19.1 Å². The van der Waals surface area contributed by atoms with Crippen molar-refractivity contribution in [2.24, 2.45) is 0 Å². The second kappa shape index (κ2) is 7.36. The minimum Gasteiger partial charge on any atom is -0.478 e. The lowest BCUT2D eigenvalue weighted by Crippen LogP contribution is -2.41. The van der Waals surface area contributed by atoms with E-state index in [2.05, 4.69) is 11.9 Å². The van der Waals surface area contributed by atoms with Crippen LogP contribution in [0.4, 0.5) is 0 Å². The summed E-state index contributed by atoms with van der Waals surface area (Å²) in [4.78, 5) is 11.4. The molecule has 0 aliphatic rings. The smallest absolute Gasteiger partial charge is 0.347 e. The third-order valence-corrected chi connectivity index (χ3v) is 3.40. The molecule has 0 aliphatic heterocycles. The molecule has 5 heteroatoms. The number of benzene rings is 1. The van der Waals surface area contributed by atoms with Crippen LogP contribution in [-0.2, 0) is 11.3 Å². The molecule has 4 nitrogen and oxygen atoms in total. The predicted octanol–water partition coefficient (Wildman–Crippen LogP) is 3.99. The molecule has 116 valence electrons. The third-order valence-electron chi connectivity index (χ3n) is 3.11. The van der Waals surface area contributed by atoms with E-state index in [4.69, 9.17) is 16.3 Å². The normalized spacial score (nSPS) is 13.3. The number of hydrogen-bond acceptors (Lipinski definition) is 3. The number of aliphatic carboxylic acids is 1. The Balaban J connectivity index is 2.89. The van der Waals surface area contributed by atoms with Crippen LogP contribution in [0.5, 0.6) is 5.75 Å². The van der Waals surface area contributed by atoms with E-state index in [9.17, 15) is 9.90 Å². The molecular weight excluding hydrogens is 290 g/mol. The van der Waals surface area contributed by atoms with E-state index in [0.717, 1.165) is 11.3 Å². The molecule has 1 atom stereocenters. The van der Waals surface area contributed by atoms with Crippen molar-refractivity contribution >= 4 is 17.6 Å². The van der Waals surface area contributed by atoms with Crippen molar-refractivity contribution in [3.8, 4) is 5.75 Å². The van der Waals surface area contributed by atoms with Crippen LogP contribution in [0.15, 0.2) is 30.5 Å². The summed E-state index contributed by atoms with van der Waals surface area (Å²) in [6.45, 7) is 9.73. The number of halogens is 1. The highest BCUT2D eigenvalue weighted by atomic mass is 35.5. The molecule has 21 heavy (non-hydrogen) atoms. The van der Waals surface area contributed by atoms with E-state index in [1.165, 1.54) is 0 Å². The van der Waals surface area contributed by atoms with Gasteiger partial charge >= 0.3 is 5.97 Å². The summed E-state index contributed by atoms with van der Waals surface area (Å²) in [6.07, 6.45) is 1.12. The van der Waals surface area contributed by atoms with Gasteiger partial charge in [0.2, 0.25) is 5.60 Å². The van der Waals surface area contributed by atoms with Crippen molar-refractivity contribution in [1.82, 2.24) is 5.32 Å². The maximum absolute atomic E-state index is 11.4. The average molecular weight is 312 g/mol. The van der Waals surface area contributed by atoms with Crippen LogP contribution >= 0.6 is 11.6 Å². The molecule has 1 aromatic carbocycles. The SMILES string of the molecule is C=C(C)NCc1ccc(OC(C)(CCC)C(=O)O)c(Cl)c1. The quantitative estimate of drug-likeness (QED) is 0.762. The van der Waals surface area contributed by atoms with Gasteiger partial charge in [0.15, 0.2) is 0 Å². The maximum Gasteiger partial charge on any atom is 0.347 e. The van der Waals surface area contributed by atoms with Crippen LogP contribution in [0, 0.1) is 0 Å². The van der Waals surface area contributed by atoms with Crippen molar-refractivity contribution in [2.45, 2.75) is 45.8 Å². The van der Waals surface area contributed by atoms with Crippen molar-refractivity contribution in [2.75, 3.05) is 0 Å². The minimum atomic E-state index is -1.27. The fourth-order valence-corrected chi connectivity index (χ4v) is 2.15. The first kappa shape index (κ1) is 17.4. The number of rotatable bonds is 8. The zero-order valence-corrected chi connectivity index (χ0v) is 13.5. The number of carbonyl (C=O) groups is 1. The van der Waals surface area contributed by atoms with Crippen molar-refractivity contribution in [3.05, 3.63) is 41.1 Å². The molecule has 0 amide bonds. The fourth-order valence-electron chi connectivity index (χ4n) is 1.91. The first-order valence-corrected chi connectivity index (χ1v) is 7.26. The van der Waals surface area contributed by atoms with Gasteiger partial charge in [-0.25, -0.2) is 4.79 Å². The molecule has 1 unspecified atom stereocenters. The molecule has 1 aromatic rings. The van der Waals surface area contributed by atoms with E-state index in [1.807, 2.05) is 19.9 Å². The van der Waals surface area contributed by atoms with Gasteiger partial charge in [-0.3, -0.25) is 0 Å². The van der Waals surface area contributed by atoms with Gasteiger partial charge in [-0.05, 0) is 38.0 Å². The first-order valence-electron chi connectivity index (χ1n) is 6.88. The Labute approximate surface area is 130 Å². The van der Waals surface area contributed by atoms with Crippen molar-refractivity contribution in [1.29, 1.82) is 0 Å².